The topological polar surface area (TPSA) is 137 Å². The van der Waals surface area contributed by atoms with E-state index in [1.54, 1.807) is 39.4 Å². The lowest BCUT2D eigenvalue weighted by Crippen LogP contribution is -2.61. The molecule has 0 aliphatic carbocycles. The second kappa shape index (κ2) is 15.1. The molecule has 0 fully saturated rings. The number of anilines is 1. The predicted molar refractivity (Wildman–Crippen MR) is 180 cm³/mol. The number of benzene rings is 2. The number of rotatable bonds is 13. The molecule has 0 aromatic heterocycles. The number of likely N-dealkylation sites (N-methyl/N-ethyl adjacent to an activating group) is 2. The van der Waals surface area contributed by atoms with Crippen LogP contribution in [0.1, 0.15) is 61.0 Å². The van der Waals surface area contributed by atoms with Gasteiger partial charge < -0.3 is 20.9 Å². The lowest BCUT2D eigenvalue weighted by molar-refractivity contribution is -0.140. The minimum Gasteiger partial charge on any atom is -0.388 e. The molecule has 2 aromatic carbocycles. The standard InChI is InChI=1S/C34H51N5O5S/c1-22(2)27(21-23(3)30(40)38-45(43,44)26-19-17-25(35-9)18-20-26)39(11)32(42)29(33(4,5)6)37-31(41)28(36-10)34(7,8)24-15-13-12-14-16-24/h12-22,27-29,35-36H,1-11H3,(H,37,41)(H,38,40)/b23-21+/t27-,28-,29-/m1/s1. The summed E-state index contributed by atoms with van der Waals surface area (Å²) in [7, 11) is 0.955. The van der Waals surface area contributed by atoms with Gasteiger partial charge in [-0.25, -0.2) is 13.1 Å². The summed E-state index contributed by atoms with van der Waals surface area (Å²) in [5, 5.41) is 9.07. The Hall–Kier alpha value is -3.70. The van der Waals surface area contributed by atoms with Crippen LogP contribution in [-0.2, 0) is 29.8 Å². The number of amides is 3. The van der Waals surface area contributed by atoms with Crippen LogP contribution < -0.4 is 20.7 Å². The van der Waals surface area contributed by atoms with Crippen LogP contribution in [0, 0.1) is 11.3 Å². The maximum atomic E-state index is 14.1. The van der Waals surface area contributed by atoms with Gasteiger partial charge in [-0.2, -0.15) is 0 Å². The molecule has 11 heteroatoms. The Morgan fingerprint density at radius 2 is 1.42 bits per heavy atom. The van der Waals surface area contributed by atoms with Crippen LogP contribution in [0.3, 0.4) is 0 Å². The van der Waals surface area contributed by atoms with Gasteiger partial charge in [0.15, 0.2) is 0 Å². The molecule has 3 atom stereocenters. The second-order valence-electron chi connectivity index (χ2n) is 13.4. The van der Waals surface area contributed by atoms with E-state index in [1.165, 1.54) is 24.0 Å². The van der Waals surface area contributed by atoms with Crippen molar-refractivity contribution >= 4 is 33.4 Å². The highest BCUT2D eigenvalue weighted by Gasteiger charge is 2.41. The summed E-state index contributed by atoms with van der Waals surface area (Å²) in [6.07, 6.45) is 1.59. The largest absolute Gasteiger partial charge is 0.388 e. The normalized spacial score (nSPS) is 14.7. The minimum absolute atomic E-state index is 0.0468. The van der Waals surface area contributed by atoms with Crippen LogP contribution in [0.15, 0.2) is 71.1 Å². The van der Waals surface area contributed by atoms with Crippen molar-refractivity contribution < 1.29 is 22.8 Å². The van der Waals surface area contributed by atoms with E-state index in [1.807, 2.05) is 78.8 Å². The molecule has 2 aromatic rings. The maximum Gasteiger partial charge on any atom is 0.264 e. The molecule has 248 valence electrons. The molecule has 0 saturated heterocycles. The summed E-state index contributed by atoms with van der Waals surface area (Å²) < 4.78 is 27.8. The van der Waals surface area contributed by atoms with E-state index in [-0.39, 0.29) is 28.2 Å². The van der Waals surface area contributed by atoms with Crippen molar-refractivity contribution in [3.63, 3.8) is 0 Å². The first-order valence-electron chi connectivity index (χ1n) is 15.1. The van der Waals surface area contributed by atoms with Gasteiger partial charge in [-0.1, -0.05) is 84.9 Å². The average molecular weight is 642 g/mol. The zero-order chi connectivity index (χ0) is 34.3. The molecular formula is C34H51N5O5S. The van der Waals surface area contributed by atoms with Crippen LogP contribution >= 0.6 is 0 Å². The van der Waals surface area contributed by atoms with Crippen molar-refractivity contribution in [3.05, 3.63) is 71.8 Å². The molecule has 0 radical (unpaired) electrons. The Morgan fingerprint density at radius 1 is 0.867 bits per heavy atom. The fraction of sp³-hybridized carbons (Fsp3) is 0.500. The second-order valence-corrected chi connectivity index (χ2v) is 15.0. The average Bonchev–Trinajstić information content (AvgIpc) is 2.97. The van der Waals surface area contributed by atoms with E-state index in [9.17, 15) is 22.8 Å². The Labute approximate surface area is 269 Å². The van der Waals surface area contributed by atoms with Crippen LogP contribution in [0.4, 0.5) is 5.69 Å². The quantitative estimate of drug-likeness (QED) is 0.242. The van der Waals surface area contributed by atoms with Gasteiger partial charge in [0.2, 0.25) is 11.8 Å². The summed E-state index contributed by atoms with van der Waals surface area (Å²) in [5.74, 6) is -1.57. The lowest BCUT2D eigenvalue weighted by atomic mass is 9.76. The lowest BCUT2D eigenvalue weighted by Gasteiger charge is -2.40. The maximum absolute atomic E-state index is 14.1. The smallest absolute Gasteiger partial charge is 0.264 e. The molecule has 10 nitrogen and oxygen atoms in total. The Kier molecular flexibility index (Phi) is 12.5. The first kappa shape index (κ1) is 37.5. The number of hydrogen-bond acceptors (Lipinski definition) is 7. The zero-order valence-electron chi connectivity index (χ0n) is 28.5. The number of carbonyl (C=O) groups is 3. The monoisotopic (exact) mass is 641 g/mol. The van der Waals surface area contributed by atoms with E-state index in [2.05, 4.69) is 20.7 Å². The third-order valence-electron chi connectivity index (χ3n) is 8.13. The molecule has 0 saturated carbocycles. The number of carbonyl (C=O) groups excluding carboxylic acids is 3. The van der Waals surface area contributed by atoms with Gasteiger partial charge in [-0.3, -0.25) is 14.4 Å². The molecule has 0 unspecified atom stereocenters. The minimum atomic E-state index is -4.11. The fourth-order valence-electron chi connectivity index (χ4n) is 5.22. The first-order chi connectivity index (χ1) is 20.8. The molecule has 0 aliphatic heterocycles. The van der Waals surface area contributed by atoms with Gasteiger partial charge in [-0.05, 0) is 55.1 Å². The summed E-state index contributed by atoms with van der Waals surface area (Å²) in [5.41, 5.74) is 0.617. The van der Waals surface area contributed by atoms with Crippen molar-refractivity contribution in [3.8, 4) is 0 Å². The van der Waals surface area contributed by atoms with Crippen LogP contribution in [0.25, 0.3) is 0 Å². The molecule has 0 bridgehead atoms. The summed E-state index contributed by atoms with van der Waals surface area (Å²) >= 11 is 0. The molecule has 0 heterocycles. The third kappa shape index (κ3) is 9.40. The van der Waals surface area contributed by atoms with Gasteiger partial charge in [0, 0.05) is 30.8 Å². The van der Waals surface area contributed by atoms with Crippen LogP contribution in [-0.4, -0.2) is 70.3 Å². The van der Waals surface area contributed by atoms with Gasteiger partial charge in [-0.15, -0.1) is 0 Å². The van der Waals surface area contributed by atoms with Gasteiger partial charge in [0.25, 0.3) is 15.9 Å². The first-order valence-corrected chi connectivity index (χ1v) is 16.6. The van der Waals surface area contributed by atoms with Crippen molar-refractivity contribution in [2.24, 2.45) is 11.3 Å². The molecule has 4 N–H and O–H groups in total. The Morgan fingerprint density at radius 3 is 1.89 bits per heavy atom. The highest BCUT2D eigenvalue weighted by atomic mass is 32.2. The number of nitrogens with one attached hydrogen (secondary N) is 4. The van der Waals surface area contributed by atoms with E-state index < -0.39 is 44.9 Å². The Bertz CT molecular complexity index is 1460. The molecule has 2 rings (SSSR count). The number of nitrogens with zero attached hydrogens (tertiary/aromatic N) is 1. The predicted octanol–water partition coefficient (Wildman–Crippen LogP) is 4.06. The molecule has 3 amide bonds. The molecule has 0 aliphatic rings. The zero-order valence-corrected chi connectivity index (χ0v) is 29.3. The summed E-state index contributed by atoms with van der Waals surface area (Å²) in [6, 6.07) is 13.7. The van der Waals surface area contributed by atoms with E-state index in [4.69, 9.17) is 0 Å². The molecular weight excluding hydrogens is 590 g/mol. The van der Waals surface area contributed by atoms with Crippen molar-refractivity contribution in [1.29, 1.82) is 0 Å². The van der Waals surface area contributed by atoms with Crippen molar-refractivity contribution in [1.82, 2.24) is 20.3 Å². The highest BCUT2D eigenvalue weighted by molar-refractivity contribution is 7.90. The van der Waals surface area contributed by atoms with Gasteiger partial charge in [0.1, 0.15) is 6.04 Å². The van der Waals surface area contributed by atoms with Crippen molar-refractivity contribution in [2.45, 2.75) is 83.8 Å². The fourth-order valence-corrected chi connectivity index (χ4v) is 6.24. The van der Waals surface area contributed by atoms with Crippen LogP contribution in [0.5, 0.6) is 0 Å². The van der Waals surface area contributed by atoms with Gasteiger partial charge >= 0.3 is 0 Å². The molecule has 45 heavy (non-hydrogen) atoms. The van der Waals surface area contributed by atoms with E-state index in [0.717, 1.165) is 11.3 Å². The van der Waals surface area contributed by atoms with Crippen LogP contribution in [0.2, 0.25) is 0 Å². The summed E-state index contributed by atoms with van der Waals surface area (Å²) in [4.78, 5) is 42.3. The van der Waals surface area contributed by atoms with E-state index >= 15 is 0 Å². The number of hydrogen-bond donors (Lipinski definition) is 4. The molecule has 0 spiro atoms. The Balaban J connectivity index is 2.32. The third-order valence-corrected chi connectivity index (χ3v) is 9.47. The van der Waals surface area contributed by atoms with E-state index in [0.29, 0.717) is 0 Å². The van der Waals surface area contributed by atoms with Gasteiger partial charge in [0.05, 0.1) is 17.0 Å². The number of sulfonamides is 1. The highest BCUT2D eigenvalue weighted by Crippen LogP contribution is 2.29. The summed E-state index contributed by atoms with van der Waals surface area (Å²) in [6.45, 7) is 14.9. The SMILES string of the molecule is CNc1ccc(S(=O)(=O)NC(=O)/C(C)=C/[C@H](C(C)C)N(C)C(=O)[C@@H](NC(=O)[C@@H](NC)C(C)(C)c2ccccc2)C(C)(C)C)cc1. The van der Waals surface area contributed by atoms with Crippen molar-refractivity contribution in [2.75, 3.05) is 26.5 Å².